The van der Waals surface area contributed by atoms with E-state index in [-0.39, 0.29) is 29.0 Å². The van der Waals surface area contributed by atoms with Crippen LogP contribution in [0.15, 0.2) is 73.3 Å². The van der Waals surface area contributed by atoms with E-state index in [1.54, 1.807) is 12.2 Å². The molecule has 0 heterocycles. The molecular formula is C37H44O6. The molecule has 228 valence electrons. The van der Waals surface area contributed by atoms with Gasteiger partial charge in [0.1, 0.15) is 11.9 Å². The minimum absolute atomic E-state index is 0.0993. The van der Waals surface area contributed by atoms with Gasteiger partial charge in [0.05, 0.1) is 6.10 Å². The number of ether oxygens (including phenoxy) is 2. The third-order valence-electron chi connectivity index (χ3n) is 11.3. The molecule has 0 saturated heterocycles. The van der Waals surface area contributed by atoms with Crippen LogP contribution in [0.5, 0.6) is 0 Å². The van der Waals surface area contributed by atoms with Crippen LogP contribution in [0.2, 0.25) is 0 Å². The standard InChI is InChI=1S/C37H44O6/c1-6-35(4)22-30(36(5)24(2)18-20-37(25(3)34(35)41)21-19-29(38)33(36)37)43-32(40)23-42-31(39)17-14-26-12-15-28(16-13-26)27-10-8-7-9-11-27/h6-17,24-25,30,33-34,41H,1,18-23H2,2-5H3/b17-14+/t24-,25+,30-,33+,34+,35-,36+,37+/m1/s1. The van der Waals surface area contributed by atoms with Gasteiger partial charge < -0.3 is 14.6 Å². The van der Waals surface area contributed by atoms with E-state index >= 15 is 0 Å². The van der Waals surface area contributed by atoms with Crippen LogP contribution in [0.4, 0.5) is 0 Å². The van der Waals surface area contributed by atoms with Crippen molar-refractivity contribution in [3.63, 3.8) is 0 Å². The van der Waals surface area contributed by atoms with Gasteiger partial charge in [-0.25, -0.2) is 9.59 Å². The zero-order valence-electron chi connectivity index (χ0n) is 25.8. The maximum absolute atomic E-state index is 13.5. The van der Waals surface area contributed by atoms with Crippen molar-refractivity contribution in [2.75, 3.05) is 6.61 Å². The van der Waals surface area contributed by atoms with Gasteiger partial charge in [-0.15, -0.1) is 6.58 Å². The summed E-state index contributed by atoms with van der Waals surface area (Å²) in [6.07, 6.45) is 6.64. The molecule has 0 unspecified atom stereocenters. The largest absolute Gasteiger partial charge is 0.459 e. The summed E-state index contributed by atoms with van der Waals surface area (Å²) in [5.41, 5.74) is 1.33. The molecule has 6 nitrogen and oxygen atoms in total. The summed E-state index contributed by atoms with van der Waals surface area (Å²) in [7, 11) is 0. The van der Waals surface area contributed by atoms with Crippen LogP contribution in [0.25, 0.3) is 17.2 Å². The lowest BCUT2D eigenvalue weighted by atomic mass is 9.44. The van der Waals surface area contributed by atoms with Crippen molar-refractivity contribution in [2.24, 2.45) is 34.0 Å². The van der Waals surface area contributed by atoms with Gasteiger partial charge in [-0.05, 0) is 65.7 Å². The molecule has 0 aromatic heterocycles. The second-order valence-electron chi connectivity index (χ2n) is 13.5. The Morgan fingerprint density at radius 1 is 1.02 bits per heavy atom. The predicted octanol–water partition coefficient (Wildman–Crippen LogP) is 6.82. The lowest BCUT2D eigenvalue weighted by Crippen LogP contribution is -2.63. The number of benzene rings is 2. The number of carbonyl (C=O) groups excluding carboxylic acids is 3. The molecule has 3 saturated carbocycles. The SMILES string of the molecule is C=C[C@]1(C)C[C@@H](OC(=O)COC(=O)/C=C/c2ccc(-c3ccccc3)cc2)[C@]2(C)[C@H](C)CC[C@]3(CCC(=O)[C@H]32)[C@@H](C)[C@@H]1O. The fourth-order valence-corrected chi connectivity index (χ4v) is 8.45. The van der Waals surface area contributed by atoms with Crippen molar-refractivity contribution in [3.8, 4) is 11.1 Å². The first-order chi connectivity index (χ1) is 20.4. The van der Waals surface area contributed by atoms with E-state index in [0.717, 1.165) is 36.0 Å². The fraction of sp³-hybridized carbons (Fsp3) is 0.486. The van der Waals surface area contributed by atoms with Crippen LogP contribution in [0.1, 0.15) is 65.4 Å². The number of Topliss-reactive ketones (excluding diaryl/α,β-unsaturated/α-hetero) is 1. The number of carbonyl (C=O) groups is 3. The number of aliphatic hydroxyl groups is 1. The Labute approximate surface area is 255 Å². The van der Waals surface area contributed by atoms with Gasteiger partial charge in [-0.2, -0.15) is 0 Å². The summed E-state index contributed by atoms with van der Waals surface area (Å²) in [5, 5.41) is 11.6. The molecule has 0 radical (unpaired) electrons. The molecule has 2 aromatic rings. The Morgan fingerprint density at radius 2 is 1.70 bits per heavy atom. The predicted molar refractivity (Wildman–Crippen MR) is 167 cm³/mol. The second-order valence-corrected chi connectivity index (χ2v) is 13.5. The molecular weight excluding hydrogens is 540 g/mol. The monoisotopic (exact) mass is 584 g/mol. The van der Waals surface area contributed by atoms with E-state index in [2.05, 4.69) is 27.4 Å². The van der Waals surface area contributed by atoms with Crippen LogP contribution in [-0.4, -0.2) is 41.6 Å². The zero-order valence-corrected chi connectivity index (χ0v) is 25.8. The quantitative estimate of drug-likeness (QED) is 0.218. The Kier molecular flexibility index (Phi) is 8.54. The van der Waals surface area contributed by atoms with Crippen LogP contribution in [0.3, 0.4) is 0 Å². The first kappa shape index (κ1) is 30.9. The number of aliphatic hydroxyl groups excluding tert-OH is 1. The number of hydrogen-bond donors (Lipinski definition) is 1. The highest BCUT2D eigenvalue weighted by Crippen LogP contribution is 2.68. The normalized spacial score (nSPS) is 35.5. The van der Waals surface area contributed by atoms with E-state index in [4.69, 9.17) is 9.47 Å². The van der Waals surface area contributed by atoms with Crippen LogP contribution in [-0.2, 0) is 23.9 Å². The smallest absolute Gasteiger partial charge is 0.344 e. The minimum Gasteiger partial charge on any atom is -0.459 e. The first-order valence-electron chi connectivity index (χ1n) is 15.5. The van der Waals surface area contributed by atoms with Crippen molar-refractivity contribution >= 4 is 23.8 Å². The third-order valence-corrected chi connectivity index (χ3v) is 11.3. The van der Waals surface area contributed by atoms with Crippen LogP contribution < -0.4 is 0 Å². The molecule has 0 spiro atoms. The number of rotatable bonds is 7. The van der Waals surface area contributed by atoms with Crippen molar-refractivity contribution in [1.29, 1.82) is 0 Å². The first-order valence-corrected chi connectivity index (χ1v) is 15.5. The molecule has 2 bridgehead atoms. The highest BCUT2D eigenvalue weighted by molar-refractivity contribution is 5.89. The molecule has 1 N–H and O–H groups in total. The van der Waals surface area contributed by atoms with Gasteiger partial charge in [-0.1, -0.05) is 88.4 Å². The minimum atomic E-state index is -0.734. The molecule has 0 aliphatic heterocycles. The third kappa shape index (κ3) is 5.50. The summed E-state index contributed by atoms with van der Waals surface area (Å²) < 4.78 is 11.4. The fourth-order valence-electron chi connectivity index (χ4n) is 8.45. The molecule has 3 aliphatic rings. The van der Waals surface area contributed by atoms with Gasteiger partial charge in [0, 0.05) is 29.2 Å². The molecule has 3 fully saturated rings. The number of hydrogen-bond acceptors (Lipinski definition) is 6. The van der Waals surface area contributed by atoms with Gasteiger partial charge >= 0.3 is 11.9 Å². The van der Waals surface area contributed by atoms with Crippen LogP contribution in [0, 0.1) is 34.0 Å². The molecule has 5 rings (SSSR count). The van der Waals surface area contributed by atoms with Crippen molar-refractivity contribution < 1.29 is 29.0 Å². The van der Waals surface area contributed by atoms with Crippen molar-refractivity contribution in [2.45, 2.75) is 72.0 Å². The zero-order chi connectivity index (χ0) is 31.0. The summed E-state index contributed by atoms with van der Waals surface area (Å²) in [6.45, 7) is 11.8. The summed E-state index contributed by atoms with van der Waals surface area (Å²) in [6, 6.07) is 17.8. The summed E-state index contributed by atoms with van der Waals surface area (Å²) >= 11 is 0. The maximum atomic E-state index is 13.5. The van der Waals surface area contributed by atoms with E-state index < -0.39 is 41.6 Å². The molecule has 43 heavy (non-hydrogen) atoms. The molecule has 0 amide bonds. The average molecular weight is 585 g/mol. The molecule has 3 aliphatic carbocycles. The van der Waals surface area contributed by atoms with E-state index in [1.807, 2.05) is 61.5 Å². The molecule has 8 atom stereocenters. The number of ketones is 1. The Hall–Kier alpha value is -3.51. The van der Waals surface area contributed by atoms with Crippen molar-refractivity contribution in [3.05, 3.63) is 78.9 Å². The Morgan fingerprint density at radius 3 is 2.37 bits per heavy atom. The Bertz CT molecular complexity index is 1400. The molecule has 6 heteroatoms. The highest BCUT2D eigenvalue weighted by atomic mass is 16.6. The van der Waals surface area contributed by atoms with Crippen LogP contribution >= 0.6 is 0 Å². The van der Waals surface area contributed by atoms with Gasteiger partial charge in [0.2, 0.25) is 0 Å². The molecule has 2 aromatic carbocycles. The van der Waals surface area contributed by atoms with E-state index in [9.17, 15) is 19.5 Å². The lowest BCUT2D eigenvalue weighted by Gasteiger charge is -2.61. The van der Waals surface area contributed by atoms with Gasteiger partial charge in [0.15, 0.2) is 6.61 Å². The second kappa shape index (κ2) is 11.9. The highest BCUT2D eigenvalue weighted by Gasteiger charge is 2.68. The summed E-state index contributed by atoms with van der Waals surface area (Å²) in [4.78, 5) is 39.2. The topological polar surface area (TPSA) is 89.9 Å². The Balaban J connectivity index is 1.29. The van der Waals surface area contributed by atoms with E-state index in [0.29, 0.717) is 12.8 Å². The van der Waals surface area contributed by atoms with Crippen molar-refractivity contribution in [1.82, 2.24) is 0 Å². The lowest BCUT2D eigenvalue weighted by molar-refractivity contribution is -0.208. The van der Waals surface area contributed by atoms with E-state index in [1.165, 1.54) is 6.08 Å². The van der Waals surface area contributed by atoms with Gasteiger partial charge in [0.25, 0.3) is 0 Å². The maximum Gasteiger partial charge on any atom is 0.344 e. The average Bonchev–Trinajstić information content (AvgIpc) is 3.37. The van der Waals surface area contributed by atoms with Gasteiger partial charge in [-0.3, -0.25) is 4.79 Å². The number of esters is 2. The summed E-state index contributed by atoms with van der Waals surface area (Å²) in [5.74, 6) is -1.39.